The highest BCUT2D eigenvalue weighted by Crippen LogP contribution is 2.50. The van der Waals surface area contributed by atoms with Crippen molar-refractivity contribution in [3.05, 3.63) is 33.9 Å². The van der Waals surface area contributed by atoms with E-state index in [1.54, 1.807) is 23.1 Å². The smallest absolute Gasteiger partial charge is 0.271 e. The van der Waals surface area contributed by atoms with Gasteiger partial charge in [-0.2, -0.15) is 5.26 Å². The largest absolute Gasteiger partial charge is 0.378 e. The lowest BCUT2D eigenvalue weighted by atomic mass is 9.67. The zero-order valence-corrected chi connectivity index (χ0v) is 20.1. The molecular formula is C24H27Cl2N5O3. The fraction of sp³-hybridized carbons (Fsp3) is 0.542. The van der Waals surface area contributed by atoms with E-state index in [9.17, 15) is 20.0 Å². The zero-order valence-electron chi connectivity index (χ0n) is 18.6. The number of rotatable bonds is 5. The topological polar surface area (TPSA) is 121 Å². The maximum absolute atomic E-state index is 13.6. The van der Waals surface area contributed by atoms with Crippen molar-refractivity contribution in [3.8, 4) is 6.07 Å². The highest BCUT2D eigenvalue weighted by atomic mass is 35.5. The van der Waals surface area contributed by atoms with Gasteiger partial charge in [-0.25, -0.2) is 0 Å². The third kappa shape index (κ3) is 4.16. The molecule has 34 heavy (non-hydrogen) atoms. The first kappa shape index (κ1) is 23.4. The van der Waals surface area contributed by atoms with Crippen LogP contribution in [0, 0.1) is 22.7 Å². The quantitative estimate of drug-likeness (QED) is 0.499. The third-order valence-corrected chi connectivity index (χ3v) is 8.53. The van der Waals surface area contributed by atoms with Gasteiger partial charge in [0.2, 0.25) is 5.91 Å². The first-order valence-corrected chi connectivity index (χ1v) is 12.4. The molecule has 3 fully saturated rings. The Hall–Kier alpha value is -2.31. The summed E-state index contributed by atoms with van der Waals surface area (Å²) in [6.45, 7) is 1.20. The number of carbonyl (C=O) groups excluding carboxylic acids is 2. The molecular weight excluding hydrogens is 477 g/mol. The number of likely N-dealkylation sites (tertiary alicyclic amines) is 1. The van der Waals surface area contributed by atoms with E-state index in [1.807, 2.05) is 0 Å². The van der Waals surface area contributed by atoms with E-state index in [-0.39, 0.29) is 23.1 Å². The van der Waals surface area contributed by atoms with Crippen molar-refractivity contribution in [2.45, 2.75) is 56.8 Å². The molecule has 1 aromatic carbocycles. The van der Waals surface area contributed by atoms with Crippen molar-refractivity contribution in [3.63, 3.8) is 0 Å². The number of aliphatic hydroxyl groups excluding tert-OH is 1. The number of H-pyrrole nitrogens is 1. The summed E-state index contributed by atoms with van der Waals surface area (Å²) < 4.78 is 0. The third-order valence-electron chi connectivity index (χ3n) is 7.73. The average molecular weight is 504 g/mol. The number of hydrogen-bond acceptors (Lipinski definition) is 5. The van der Waals surface area contributed by atoms with Crippen LogP contribution in [0.2, 0.25) is 10.0 Å². The van der Waals surface area contributed by atoms with Gasteiger partial charge in [0.25, 0.3) is 5.91 Å². The fourth-order valence-corrected chi connectivity index (χ4v) is 6.03. The van der Waals surface area contributed by atoms with Gasteiger partial charge in [-0.3, -0.25) is 14.9 Å². The monoisotopic (exact) mass is 503 g/mol. The number of fused-ring (bicyclic) bond motifs is 1. The summed E-state index contributed by atoms with van der Waals surface area (Å²) >= 11 is 12.4. The Morgan fingerprint density at radius 3 is 2.79 bits per heavy atom. The van der Waals surface area contributed by atoms with E-state index < -0.39 is 18.3 Å². The Labute approximate surface area is 207 Å². The number of nitrogens with zero attached hydrogens (tertiary/aromatic N) is 2. The van der Waals surface area contributed by atoms with E-state index >= 15 is 0 Å². The predicted molar refractivity (Wildman–Crippen MR) is 128 cm³/mol. The second-order valence-electron chi connectivity index (χ2n) is 9.89. The molecule has 2 aromatic rings. The number of carbonyl (C=O) groups is 2. The Morgan fingerprint density at radius 1 is 1.35 bits per heavy atom. The van der Waals surface area contributed by atoms with Crippen LogP contribution in [0.15, 0.2) is 18.2 Å². The summed E-state index contributed by atoms with van der Waals surface area (Å²) in [6, 6.07) is 5.98. The molecule has 2 unspecified atom stereocenters. The molecule has 2 aliphatic heterocycles. The first-order valence-electron chi connectivity index (χ1n) is 11.7. The lowest BCUT2D eigenvalue weighted by Gasteiger charge is -2.37. The summed E-state index contributed by atoms with van der Waals surface area (Å²) in [5.41, 5.74) is 0.896. The van der Waals surface area contributed by atoms with Crippen molar-refractivity contribution < 1.29 is 14.7 Å². The minimum atomic E-state index is -0.726. The minimum Gasteiger partial charge on any atom is -0.378 e. The molecule has 10 heteroatoms. The number of halogens is 2. The van der Waals surface area contributed by atoms with Crippen molar-refractivity contribution in [1.29, 1.82) is 5.26 Å². The van der Waals surface area contributed by atoms with Crippen LogP contribution in [0.4, 0.5) is 0 Å². The molecule has 2 amide bonds. The van der Waals surface area contributed by atoms with Crippen molar-refractivity contribution in [1.82, 2.24) is 20.5 Å². The summed E-state index contributed by atoms with van der Waals surface area (Å²) in [7, 11) is 0. The van der Waals surface area contributed by atoms with E-state index in [4.69, 9.17) is 23.2 Å². The number of hydrogen-bond donors (Lipinski definition) is 4. The van der Waals surface area contributed by atoms with Crippen LogP contribution in [0.25, 0.3) is 10.9 Å². The van der Waals surface area contributed by atoms with Gasteiger partial charge in [-0.05, 0) is 56.2 Å². The molecule has 8 nitrogen and oxygen atoms in total. The SMILES string of the molecule is N#C[C@H](C[C@@H]1CCNC1O)NC(=O)C1CC2(CCC2)CN1C(=O)c1cc2ccc(Cl)c(Cl)c2[nH]1. The van der Waals surface area contributed by atoms with E-state index in [2.05, 4.69) is 21.7 Å². The molecule has 0 radical (unpaired) electrons. The summed E-state index contributed by atoms with van der Waals surface area (Å²) in [5.74, 6) is -0.676. The van der Waals surface area contributed by atoms with Crippen molar-refractivity contribution >= 4 is 45.9 Å². The molecule has 0 bridgehead atoms. The predicted octanol–water partition coefficient (Wildman–Crippen LogP) is 3.19. The van der Waals surface area contributed by atoms with Crippen LogP contribution in [0.3, 0.4) is 0 Å². The average Bonchev–Trinajstić information content (AvgIpc) is 3.52. The first-order chi connectivity index (χ1) is 16.3. The molecule has 1 aliphatic carbocycles. The molecule has 1 aromatic heterocycles. The maximum Gasteiger partial charge on any atom is 0.271 e. The summed E-state index contributed by atoms with van der Waals surface area (Å²) in [6.07, 6.45) is 4.08. The van der Waals surface area contributed by atoms with Crippen LogP contribution in [-0.4, -0.2) is 58.2 Å². The fourth-order valence-electron chi connectivity index (χ4n) is 5.65. The number of amides is 2. The molecule has 5 rings (SSSR count). The number of aliphatic hydroxyl groups is 1. The summed E-state index contributed by atoms with van der Waals surface area (Å²) in [4.78, 5) is 31.6. The van der Waals surface area contributed by atoms with Gasteiger partial charge in [0.1, 0.15) is 24.0 Å². The highest BCUT2D eigenvalue weighted by molar-refractivity contribution is 6.45. The van der Waals surface area contributed by atoms with Crippen LogP contribution in [0.5, 0.6) is 0 Å². The van der Waals surface area contributed by atoms with Gasteiger partial charge in [0, 0.05) is 17.8 Å². The molecule has 3 heterocycles. The Kier molecular flexibility index (Phi) is 6.23. The van der Waals surface area contributed by atoms with Gasteiger partial charge in [-0.15, -0.1) is 0 Å². The number of aromatic amines is 1. The minimum absolute atomic E-state index is 0.0433. The van der Waals surface area contributed by atoms with E-state index in [0.29, 0.717) is 47.2 Å². The van der Waals surface area contributed by atoms with Gasteiger partial charge in [-0.1, -0.05) is 35.7 Å². The van der Waals surface area contributed by atoms with Crippen molar-refractivity contribution in [2.75, 3.05) is 13.1 Å². The maximum atomic E-state index is 13.6. The number of nitrogens with one attached hydrogen (secondary N) is 3. The van der Waals surface area contributed by atoms with Crippen LogP contribution in [0.1, 0.15) is 49.0 Å². The standard InChI is InChI=1S/C24H27Cl2N5O3/c25-16-3-2-13-9-17(30-20(13)19(16)26)23(34)31-12-24(5-1-6-24)10-18(31)22(33)29-15(11-27)8-14-4-7-28-21(14)32/h2-3,9,14-15,18,21,28,30,32H,1,4-8,10,12H2,(H,29,33)/t14-,15-,18?,21?/m0/s1. The Balaban J connectivity index is 1.36. The highest BCUT2D eigenvalue weighted by Gasteiger charge is 2.52. The molecule has 1 spiro atoms. The molecule has 1 saturated carbocycles. The van der Waals surface area contributed by atoms with Gasteiger partial charge in [0.05, 0.1) is 21.6 Å². The van der Waals surface area contributed by atoms with Crippen LogP contribution < -0.4 is 10.6 Å². The number of nitriles is 1. The number of benzene rings is 1. The molecule has 4 N–H and O–H groups in total. The molecule has 180 valence electrons. The molecule has 3 aliphatic rings. The van der Waals surface area contributed by atoms with Crippen LogP contribution >= 0.6 is 23.2 Å². The summed E-state index contributed by atoms with van der Waals surface area (Å²) in [5, 5.41) is 27.0. The normalized spacial score (nSPS) is 26.4. The Bertz CT molecular complexity index is 1170. The lowest BCUT2D eigenvalue weighted by Crippen LogP contribution is -2.49. The molecule has 2 saturated heterocycles. The van der Waals surface area contributed by atoms with Gasteiger partial charge >= 0.3 is 0 Å². The zero-order chi connectivity index (χ0) is 24.0. The molecule has 4 atom stereocenters. The lowest BCUT2D eigenvalue weighted by molar-refractivity contribution is -0.125. The van der Waals surface area contributed by atoms with Gasteiger partial charge < -0.3 is 20.3 Å². The van der Waals surface area contributed by atoms with Gasteiger partial charge in [0.15, 0.2) is 0 Å². The van der Waals surface area contributed by atoms with E-state index in [0.717, 1.165) is 31.1 Å². The number of aromatic nitrogens is 1. The van der Waals surface area contributed by atoms with Crippen molar-refractivity contribution in [2.24, 2.45) is 11.3 Å². The second-order valence-corrected chi connectivity index (χ2v) is 10.7. The van der Waals surface area contributed by atoms with Crippen LogP contribution in [-0.2, 0) is 4.79 Å². The Morgan fingerprint density at radius 2 is 2.15 bits per heavy atom. The second kappa shape index (κ2) is 9.04. The van der Waals surface area contributed by atoms with E-state index in [1.165, 1.54) is 0 Å².